The van der Waals surface area contributed by atoms with Gasteiger partial charge in [-0.15, -0.1) is 0 Å². The molecule has 0 atom stereocenters. The molecule has 2 aromatic rings. The molecule has 2 amide bonds. The van der Waals surface area contributed by atoms with E-state index in [1.807, 2.05) is 6.92 Å². The molecule has 0 unspecified atom stereocenters. The number of methoxy groups -OCH3 is 1. The highest BCUT2D eigenvalue weighted by Gasteiger charge is 2.14. The SMILES string of the molecule is CCOc1ccc(NC(=O)c2cc(NC(C)=O)ccc2OC)cc1. The largest absolute Gasteiger partial charge is 0.496 e. The van der Waals surface area contributed by atoms with Gasteiger partial charge in [0, 0.05) is 18.3 Å². The molecule has 2 N–H and O–H groups in total. The Morgan fingerprint density at radius 2 is 1.67 bits per heavy atom. The number of hydrogen-bond donors (Lipinski definition) is 2. The molecule has 6 heteroatoms. The molecule has 2 aromatic carbocycles. The third-order valence-corrected chi connectivity index (χ3v) is 3.19. The maximum Gasteiger partial charge on any atom is 0.259 e. The minimum atomic E-state index is -0.330. The number of rotatable bonds is 6. The molecule has 126 valence electrons. The number of hydrogen-bond acceptors (Lipinski definition) is 4. The van der Waals surface area contributed by atoms with Crippen molar-refractivity contribution < 1.29 is 19.1 Å². The van der Waals surface area contributed by atoms with Gasteiger partial charge in [-0.3, -0.25) is 9.59 Å². The number of carbonyl (C=O) groups is 2. The number of amides is 2. The highest BCUT2D eigenvalue weighted by Crippen LogP contribution is 2.24. The van der Waals surface area contributed by atoms with Crippen molar-refractivity contribution in [2.75, 3.05) is 24.4 Å². The van der Waals surface area contributed by atoms with Crippen molar-refractivity contribution in [2.24, 2.45) is 0 Å². The number of anilines is 2. The predicted molar refractivity (Wildman–Crippen MR) is 92.9 cm³/mol. The Kier molecular flexibility index (Phi) is 5.78. The number of carbonyl (C=O) groups excluding carboxylic acids is 2. The summed E-state index contributed by atoms with van der Waals surface area (Å²) in [6, 6.07) is 12.0. The van der Waals surface area contributed by atoms with Gasteiger partial charge in [0.15, 0.2) is 0 Å². The van der Waals surface area contributed by atoms with Crippen molar-refractivity contribution in [3.05, 3.63) is 48.0 Å². The van der Waals surface area contributed by atoms with Crippen molar-refractivity contribution in [3.8, 4) is 11.5 Å². The number of nitrogens with one attached hydrogen (secondary N) is 2. The van der Waals surface area contributed by atoms with E-state index in [9.17, 15) is 9.59 Å². The molecule has 0 aliphatic heterocycles. The van der Waals surface area contributed by atoms with Crippen LogP contribution in [0.4, 0.5) is 11.4 Å². The highest BCUT2D eigenvalue weighted by molar-refractivity contribution is 6.07. The summed E-state index contributed by atoms with van der Waals surface area (Å²) in [5, 5.41) is 5.44. The van der Waals surface area contributed by atoms with Gasteiger partial charge in [0.1, 0.15) is 11.5 Å². The number of benzene rings is 2. The van der Waals surface area contributed by atoms with E-state index in [4.69, 9.17) is 9.47 Å². The van der Waals surface area contributed by atoms with Crippen molar-refractivity contribution in [1.29, 1.82) is 0 Å². The van der Waals surface area contributed by atoms with Gasteiger partial charge in [-0.1, -0.05) is 0 Å². The molecular weight excluding hydrogens is 308 g/mol. The molecule has 0 bridgehead atoms. The first-order chi connectivity index (χ1) is 11.5. The summed E-state index contributed by atoms with van der Waals surface area (Å²) in [4.78, 5) is 23.7. The smallest absolute Gasteiger partial charge is 0.259 e. The van der Waals surface area contributed by atoms with Crippen molar-refractivity contribution in [1.82, 2.24) is 0 Å². The van der Waals surface area contributed by atoms with Gasteiger partial charge >= 0.3 is 0 Å². The molecule has 0 saturated heterocycles. The second kappa shape index (κ2) is 8.01. The van der Waals surface area contributed by atoms with E-state index in [0.717, 1.165) is 5.75 Å². The summed E-state index contributed by atoms with van der Waals surface area (Å²) >= 11 is 0. The fraction of sp³-hybridized carbons (Fsp3) is 0.222. The average molecular weight is 328 g/mol. The van der Waals surface area contributed by atoms with Crippen LogP contribution in [0.25, 0.3) is 0 Å². The van der Waals surface area contributed by atoms with Gasteiger partial charge in [-0.2, -0.15) is 0 Å². The van der Waals surface area contributed by atoms with Crippen molar-refractivity contribution in [2.45, 2.75) is 13.8 Å². The van der Waals surface area contributed by atoms with E-state index < -0.39 is 0 Å². The second-order valence-corrected chi connectivity index (χ2v) is 5.01. The normalized spacial score (nSPS) is 9.96. The van der Waals surface area contributed by atoms with Gasteiger partial charge < -0.3 is 20.1 Å². The Morgan fingerprint density at radius 1 is 1.00 bits per heavy atom. The highest BCUT2D eigenvalue weighted by atomic mass is 16.5. The maximum absolute atomic E-state index is 12.5. The Balaban J connectivity index is 2.19. The summed E-state index contributed by atoms with van der Waals surface area (Å²) < 4.78 is 10.6. The van der Waals surface area contributed by atoms with Gasteiger partial charge in [-0.25, -0.2) is 0 Å². The Labute approximate surface area is 140 Å². The third-order valence-electron chi connectivity index (χ3n) is 3.19. The average Bonchev–Trinajstić information content (AvgIpc) is 2.56. The van der Waals surface area contributed by atoms with Crippen LogP contribution in [-0.4, -0.2) is 25.5 Å². The van der Waals surface area contributed by atoms with Crippen LogP contribution in [0.3, 0.4) is 0 Å². The zero-order chi connectivity index (χ0) is 17.5. The van der Waals surface area contributed by atoms with Crippen molar-refractivity contribution >= 4 is 23.2 Å². The van der Waals surface area contributed by atoms with Crippen LogP contribution >= 0.6 is 0 Å². The fourth-order valence-electron chi connectivity index (χ4n) is 2.17. The fourth-order valence-corrected chi connectivity index (χ4v) is 2.17. The first kappa shape index (κ1) is 17.3. The van der Waals surface area contributed by atoms with Gasteiger partial charge in [0.05, 0.1) is 19.3 Å². The molecule has 0 heterocycles. The molecule has 0 aliphatic rings. The van der Waals surface area contributed by atoms with E-state index in [2.05, 4.69) is 10.6 Å². The van der Waals surface area contributed by atoms with Crippen LogP contribution in [0.5, 0.6) is 11.5 Å². The lowest BCUT2D eigenvalue weighted by molar-refractivity contribution is -0.114. The molecule has 2 rings (SSSR count). The summed E-state index contributed by atoms with van der Waals surface area (Å²) in [5.41, 5.74) is 1.49. The summed E-state index contributed by atoms with van der Waals surface area (Å²) in [5.74, 6) is 0.620. The van der Waals surface area contributed by atoms with E-state index in [0.29, 0.717) is 29.3 Å². The topological polar surface area (TPSA) is 76.7 Å². The van der Waals surface area contributed by atoms with Crippen LogP contribution in [0.15, 0.2) is 42.5 Å². The minimum absolute atomic E-state index is 0.210. The lowest BCUT2D eigenvalue weighted by Gasteiger charge is -2.12. The molecule has 0 spiro atoms. The maximum atomic E-state index is 12.5. The summed E-state index contributed by atoms with van der Waals surface area (Å²) in [6.07, 6.45) is 0. The predicted octanol–water partition coefficient (Wildman–Crippen LogP) is 3.30. The molecule has 0 radical (unpaired) electrons. The van der Waals surface area contributed by atoms with Crippen molar-refractivity contribution in [3.63, 3.8) is 0 Å². The zero-order valence-corrected chi connectivity index (χ0v) is 13.9. The van der Waals surface area contributed by atoms with Gasteiger partial charge in [0.25, 0.3) is 5.91 Å². The molecular formula is C18H20N2O4. The van der Waals surface area contributed by atoms with Crippen LogP contribution in [0.1, 0.15) is 24.2 Å². The van der Waals surface area contributed by atoms with Gasteiger partial charge in [-0.05, 0) is 49.4 Å². The minimum Gasteiger partial charge on any atom is -0.496 e. The quantitative estimate of drug-likeness (QED) is 0.853. The molecule has 24 heavy (non-hydrogen) atoms. The van der Waals surface area contributed by atoms with Crippen LogP contribution < -0.4 is 20.1 Å². The lowest BCUT2D eigenvalue weighted by atomic mass is 10.1. The molecule has 0 aromatic heterocycles. The second-order valence-electron chi connectivity index (χ2n) is 5.01. The van der Waals surface area contributed by atoms with E-state index >= 15 is 0 Å². The molecule has 0 aliphatic carbocycles. The molecule has 0 saturated carbocycles. The zero-order valence-electron chi connectivity index (χ0n) is 13.9. The summed E-state index contributed by atoms with van der Waals surface area (Å²) in [7, 11) is 1.49. The summed E-state index contributed by atoms with van der Waals surface area (Å²) in [6.45, 7) is 3.90. The molecule has 6 nitrogen and oxygen atoms in total. The molecule has 0 fully saturated rings. The van der Waals surface area contributed by atoms with Crippen LogP contribution in [0.2, 0.25) is 0 Å². The monoisotopic (exact) mass is 328 g/mol. The number of ether oxygens (including phenoxy) is 2. The van der Waals surface area contributed by atoms with E-state index in [1.165, 1.54) is 14.0 Å². The Hall–Kier alpha value is -3.02. The first-order valence-electron chi connectivity index (χ1n) is 7.53. The van der Waals surface area contributed by atoms with Crippen LogP contribution in [0, 0.1) is 0 Å². The van der Waals surface area contributed by atoms with Gasteiger partial charge in [0.2, 0.25) is 5.91 Å². The van der Waals surface area contributed by atoms with Crippen LogP contribution in [-0.2, 0) is 4.79 Å². The standard InChI is InChI=1S/C18H20N2O4/c1-4-24-15-8-5-13(6-9-15)20-18(22)16-11-14(19-12(2)21)7-10-17(16)23-3/h5-11H,4H2,1-3H3,(H,19,21)(H,20,22). The lowest BCUT2D eigenvalue weighted by Crippen LogP contribution is -2.14. The van der Waals surface area contributed by atoms with E-state index in [1.54, 1.807) is 42.5 Å². The first-order valence-corrected chi connectivity index (χ1v) is 7.53. The Morgan fingerprint density at radius 3 is 2.25 bits per heavy atom. The Bertz CT molecular complexity index is 726. The third kappa shape index (κ3) is 4.49. The van der Waals surface area contributed by atoms with E-state index in [-0.39, 0.29) is 11.8 Å².